The molecule has 19 heavy (non-hydrogen) atoms. The highest BCUT2D eigenvalue weighted by molar-refractivity contribution is 6.10. The van der Waals surface area contributed by atoms with E-state index in [0.29, 0.717) is 5.92 Å². The van der Waals surface area contributed by atoms with Gasteiger partial charge in [0.25, 0.3) is 0 Å². The molecule has 0 saturated carbocycles. The second-order valence-corrected chi connectivity index (χ2v) is 5.60. The van der Waals surface area contributed by atoms with Gasteiger partial charge in [-0.05, 0) is 45.5 Å². The van der Waals surface area contributed by atoms with E-state index in [1.807, 2.05) is 0 Å². The third-order valence-corrected chi connectivity index (χ3v) is 4.29. The van der Waals surface area contributed by atoms with Crippen molar-refractivity contribution in [1.82, 2.24) is 0 Å². The van der Waals surface area contributed by atoms with Crippen molar-refractivity contribution in [1.29, 1.82) is 0 Å². The molecule has 3 aromatic rings. The fourth-order valence-corrected chi connectivity index (χ4v) is 3.23. The lowest BCUT2D eigenvalue weighted by molar-refractivity contribution is 0.993. The summed E-state index contributed by atoms with van der Waals surface area (Å²) in [5.41, 5.74) is 4.19. The van der Waals surface area contributed by atoms with E-state index in [1.54, 1.807) is 0 Å². The maximum absolute atomic E-state index is 2.30. The Bertz CT molecular complexity index is 837. The van der Waals surface area contributed by atoms with Crippen LogP contribution < -0.4 is 0 Å². The van der Waals surface area contributed by atoms with Gasteiger partial charge in [0, 0.05) is 0 Å². The monoisotopic (exact) mass is 244 g/mol. The Kier molecular flexibility index (Phi) is 2.11. The molecule has 1 atom stereocenters. The van der Waals surface area contributed by atoms with E-state index in [9.17, 15) is 0 Å². The number of aryl methyl sites for hydroxylation is 1. The highest BCUT2D eigenvalue weighted by Crippen LogP contribution is 2.37. The predicted molar refractivity (Wildman–Crippen MR) is 83.6 cm³/mol. The van der Waals surface area contributed by atoms with Gasteiger partial charge in [0.2, 0.25) is 0 Å². The Hall–Kier alpha value is -2.08. The summed E-state index contributed by atoms with van der Waals surface area (Å²) in [6, 6.07) is 15.8. The van der Waals surface area contributed by atoms with Crippen LogP contribution in [0.5, 0.6) is 0 Å². The summed E-state index contributed by atoms with van der Waals surface area (Å²) in [4.78, 5) is 0. The van der Waals surface area contributed by atoms with E-state index in [-0.39, 0.29) is 0 Å². The second-order valence-electron chi connectivity index (χ2n) is 5.60. The topological polar surface area (TPSA) is 0 Å². The van der Waals surface area contributed by atoms with Crippen LogP contribution in [-0.4, -0.2) is 0 Å². The molecule has 92 valence electrons. The van der Waals surface area contributed by atoms with Crippen LogP contribution >= 0.6 is 0 Å². The third kappa shape index (κ3) is 1.46. The summed E-state index contributed by atoms with van der Waals surface area (Å²) >= 11 is 0. The smallest absolute Gasteiger partial charge is 0.0000945 e. The van der Waals surface area contributed by atoms with Crippen molar-refractivity contribution in [3.8, 4) is 0 Å². The maximum Gasteiger partial charge on any atom is -0.0000945 e. The number of fused-ring (bicyclic) bond motifs is 5. The SMILES string of the molecule is Cc1ccc2c(ccc3c4c(ccc32)C(C)C=C4)c1. The van der Waals surface area contributed by atoms with Gasteiger partial charge in [-0.1, -0.05) is 67.1 Å². The molecule has 0 fully saturated rings. The summed E-state index contributed by atoms with van der Waals surface area (Å²) in [6.07, 6.45) is 4.58. The molecule has 0 nitrogen and oxygen atoms in total. The van der Waals surface area contributed by atoms with Gasteiger partial charge in [0.1, 0.15) is 0 Å². The molecule has 1 unspecified atom stereocenters. The van der Waals surface area contributed by atoms with Crippen LogP contribution in [0.15, 0.2) is 48.5 Å². The third-order valence-electron chi connectivity index (χ3n) is 4.29. The van der Waals surface area contributed by atoms with Gasteiger partial charge in [0.15, 0.2) is 0 Å². The average molecular weight is 244 g/mol. The fourth-order valence-electron chi connectivity index (χ4n) is 3.23. The van der Waals surface area contributed by atoms with Gasteiger partial charge in [-0.25, -0.2) is 0 Å². The minimum Gasteiger partial charge on any atom is -0.0766 e. The number of rotatable bonds is 0. The van der Waals surface area contributed by atoms with Crippen LogP contribution in [0, 0.1) is 6.92 Å². The predicted octanol–water partition coefficient (Wildman–Crippen LogP) is 5.43. The molecular weight excluding hydrogens is 228 g/mol. The molecule has 0 bridgehead atoms. The first kappa shape index (κ1) is 10.8. The van der Waals surface area contributed by atoms with Crippen LogP contribution in [-0.2, 0) is 0 Å². The van der Waals surface area contributed by atoms with Gasteiger partial charge < -0.3 is 0 Å². The molecule has 0 aliphatic heterocycles. The van der Waals surface area contributed by atoms with Gasteiger partial charge in [-0.2, -0.15) is 0 Å². The molecule has 0 amide bonds. The van der Waals surface area contributed by atoms with Gasteiger partial charge in [-0.15, -0.1) is 0 Å². The zero-order valence-corrected chi connectivity index (χ0v) is 11.3. The van der Waals surface area contributed by atoms with Gasteiger partial charge in [0.05, 0.1) is 0 Å². The van der Waals surface area contributed by atoms with Crippen LogP contribution in [0.2, 0.25) is 0 Å². The molecule has 0 radical (unpaired) electrons. The molecule has 4 rings (SSSR count). The zero-order valence-electron chi connectivity index (χ0n) is 11.3. The Morgan fingerprint density at radius 2 is 1.63 bits per heavy atom. The van der Waals surface area contributed by atoms with E-state index in [2.05, 4.69) is 68.5 Å². The van der Waals surface area contributed by atoms with Crippen molar-refractivity contribution in [3.05, 3.63) is 65.2 Å². The number of hydrogen-bond donors (Lipinski definition) is 0. The molecular formula is C19H16. The van der Waals surface area contributed by atoms with E-state index < -0.39 is 0 Å². The Morgan fingerprint density at radius 1 is 0.842 bits per heavy atom. The highest BCUT2D eigenvalue weighted by Gasteiger charge is 2.15. The molecule has 0 N–H and O–H groups in total. The molecule has 1 aliphatic carbocycles. The first-order valence-electron chi connectivity index (χ1n) is 6.88. The number of hydrogen-bond acceptors (Lipinski definition) is 0. The summed E-state index contributed by atoms with van der Waals surface area (Å²) in [5, 5.41) is 5.45. The standard InChI is InChI=1S/C19H16/c1-12-3-6-16-14(11-12)5-8-19-17-7-4-13(2)15(17)9-10-18(16)19/h3-11,13H,1-2H3. The lowest BCUT2D eigenvalue weighted by Crippen LogP contribution is -1.89. The molecule has 0 aromatic heterocycles. The van der Waals surface area contributed by atoms with Crippen molar-refractivity contribution in [2.75, 3.05) is 0 Å². The molecule has 0 heteroatoms. The number of allylic oxidation sites excluding steroid dienone is 1. The van der Waals surface area contributed by atoms with E-state index in [4.69, 9.17) is 0 Å². The van der Waals surface area contributed by atoms with Crippen LogP contribution in [0.4, 0.5) is 0 Å². The van der Waals surface area contributed by atoms with Crippen molar-refractivity contribution in [2.45, 2.75) is 19.8 Å². The Labute approximate surface area is 113 Å². The van der Waals surface area contributed by atoms with Gasteiger partial charge >= 0.3 is 0 Å². The molecule has 0 spiro atoms. The summed E-state index contributed by atoms with van der Waals surface area (Å²) in [5.74, 6) is 0.549. The molecule has 3 aromatic carbocycles. The largest absolute Gasteiger partial charge is 0.0766 e. The summed E-state index contributed by atoms with van der Waals surface area (Å²) in [7, 11) is 0. The van der Waals surface area contributed by atoms with Crippen molar-refractivity contribution >= 4 is 27.6 Å². The maximum atomic E-state index is 2.30. The molecule has 1 aliphatic rings. The first-order chi connectivity index (χ1) is 9.24. The van der Waals surface area contributed by atoms with Crippen molar-refractivity contribution in [2.24, 2.45) is 0 Å². The van der Waals surface area contributed by atoms with E-state index >= 15 is 0 Å². The molecule has 0 heterocycles. The lowest BCUT2D eigenvalue weighted by Gasteiger charge is -2.10. The fraction of sp³-hybridized carbons (Fsp3) is 0.158. The quantitative estimate of drug-likeness (QED) is 0.462. The van der Waals surface area contributed by atoms with Crippen LogP contribution in [0.25, 0.3) is 27.6 Å². The van der Waals surface area contributed by atoms with Crippen molar-refractivity contribution in [3.63, 3.8) is 0 Å². The Morgan fingerprint density at radius 3 is 2.53 bits per heavy atom. The minimum absolute atomic E-state index is 0.549. The minimum atomic E-state index is 0.549. The van der Waals surface area contributed by atoms with Crippen LogP contribution in [0.3, 0.4) is 0 Å². The zero-order chi connectivity index (χ0) is 13.0. The lowest BCUT2D eigenvalue weighted by atomic mass is 9.93. The number of benzene rings is 3. The average Bonchev–Trinajstić information content (AvgIpc) is 2.80. The van der Waals surface area contributed by atoms with E-state index in [0.717, 1.165) is 0 Å². The Balaban J connectivity index is 2.16. The summed E-state index contributed by atoms with van der Waals surface area (Å²) in [6.45, 7) is 4.41. The second kappa shape index (κ2) is 3.71. The first-order valence-corrected chi connectivity index (χ1v) is 6.88. The normalized spacial score (nSPS) is 17.3. The molecule has 0 saturated heterocycles. The van der Waals surface area contributed by atoms with E-state index in [1.165, 1.54) is 38.2 Å². The van der Waals surface area contributed by atoms with Gasteiger partial charge in [-0.3, -0.25) is 0 Å². The van der Waals surface area contributed by atoms with Crippen molar-refractivity contribution < 1.29 is 0 Å². The highest BCUT2D eigenvalue weighted by atomic mass is 14.2. The summed E-state index contributed by atoms with van der Waals surface area (Å²) < 4.78 is 0. The van der Waals surface area contributed by atoms with Crippen LogP contribution in [0.1, 0.15) is 29.5 Å².